The minimum atomic E-state index is -0.543. The third-order valence-electron chi connectivity index (χ3n) is 10.0. The molecule has 0 aromatic heterocycles. The highest BCUT2D eigenvalue weighted by Crippen LogP contribution is 2.13. The molecule has 0 aromatic rings. The second kappa shape index (κ2) is 47.0. The SMILES string of the molecule is CC/C=C\C/C=C\C/C=C\C/C=C\CCCCCCCOCC(COC(=O)CCCCCCCCC/C=C\CCCCCCCC)OC(=O)CCCCCCC. The number of hydrogen-bond donors (Lipinski definition) is 0. The van der Waals surface area contributed by atoms with Gasteiger partial charge in [-0.1, -0.05) is 191 Å². The van der Waals surface area contributed by atoms with E-state index in [1.54, 1.807) is 0 Å². The van der Waals surface area contributed by atoms with Crippen LogP contribution in [0.1, 0.15) is 226 Å². The smallest absolute Gasteiger partial charge is 0.306 e. The molecule has 1 unspecified atom stereocenters. The van der Waals surface area contributed by atoms with Crippen LogP contribution in [0, 0.1) is 0 Å². The normalized spacial score (nSPS) is 12.7. The fraction of sp³-hybridized carbons (Fsp3) is 0.765. The largest absolute Gasteiger partial charge is 0.462 e. The van der Waals surface area contributed by atoms with Crippen LogP contribution in [0.3, 0.4) is 0 Å². The van der Waals surface area contributed by atoms with Crippen LogP contribution < -0.4 is 0 Å². The maximum absolute atomic E-state index is 12.6. The average Bonchev–Trinajstić information content (AvgIpc) is 3.20. The Kier molecular flexibility index (Phi) is 45.0. The molecule has 0 bridgehead atoms. The molecular weight excluding hydrogens is 693 g/mol. The zero-order valence-electron chi connectivity index (χ0n) is 37.1. The second-order valence-corrected chi connectivity index (χ2v) is 15.6. The fourth-order valence-electron chi connectivity index (χ4n) is 6.49. The van der Waals surface area contributed by atoms with Crippen molar-refractivity contribution in [3.05, 3.63) is 60.8 Å². The van der Waals surface area contributed by atoms with Gasteiger partial charge in [0.2, 0.25) is 0 Å². The van der Waals surface area contributed by atoms with Gasteiger partial charge in [0.1, 0.15) is 6.61 Å². The van der Waals surface area contributed by atoms with E-state index in [0.717, 1.165) is 77.0 Å². The Hall–Kier alpha value is -2.40. The highest BCUT2D eigenvalue weighted by atomic mass is 16.6. The first kappa shape index (κ1) is 53.6. The van der Waals surface area contributed by atoms with Crippen molar-refractivity contribution in [2.45, 2.75) is 232 Å². The maximum atomic E-state index is 12.6. The molecule has 0 saturated heterocycles. The summed E-state index contributed by atoms with van der Waals surface area (Å²) in [4.78, 5) is 25.1. The molecule has 5 heteroatoms. The lowest BCUT2D eigenvalue weighted by molar-refractivity contribution is -0.163. The van der Waals surface area contributed by atoms with Crippen molar-refractivity contribution in [1.82, 2.24) is 0 Å². The lowest BCUT2D eigenvalue weighted by Crippen LogP contribution is -2.30. The highest BCUT2D eigenvalue weighted by molar-refractivity contribution is 5.70. The Morgan fingerprint density at radius 3 is 1.30 bits per heavy atom. The lowest BCUT2D eigenvalue weighted by atomic mass is 10.1. The molecule has 0 rings (SSSR count). The molecular formula is C51H90O5. The third-order valence-corrected chi connectivity index (χ3v) is 10.0. The summed E-state index contributed by atoms with van der Waals surface area (Å²) < 4.78 is 17.2. The van der Waals surface area contributed by atoms with E-state index in [9.17, 15) is 9.59 Å². The summed E-state index contributed by atoms with van der Waals surface area (Å²) in [6.07, 6.45) is 58.2. The summed E-state index contributed by atoms with van der Waals surface area (Å²) in [7, 11) is 0. The Labute approximate surface area is 347 Å². The highest BCUT2D eigenvalue weighted by Gasteiger charge is 2.17. The van der Waals surface area contributed by atoms with Crippen molar-refractivity contribution < 1.29 is 23.8 Å². The van der Waals surface area contributed by atoms with Gasteiger partial charge >= 0.3 is 11.9 Å². The molecule has 0 aliphatic carbocycles. The number of ether oxygens (including phenoxy) is 3. The summed E-state index contributed by atoms with van der Waals surface area (Å²) in [6, 6.07) is 0. The Morgan fingerprint density at radius 2 is 0.804 bits per heavy atom. The third kappa shape index (κ3) is 44.3. The first-order chi connectivity index (χ1) is 27.6. The standard InChI is InChI=1S/C51H90O5/c1-4-7-10-13-15-17-19-21-23-25-27-29-31-33-35-37-40-43-46-54-47-49(56-51(53)45-42-38-12-9-6-3)48-55-50(52)44-41-39-36-34-32-30-28-26-24-22-20-18-16-14-11-8-5-2/h7,10,15,17,21-24,27,29,49H,4-6,8-9,11-14,16,18-20,25-26,28,30-48H2,1-3H3/b10-7-,17-15-,23-21-,24-22-,29-27-. The first-order valence-corrected chi connectivity index (χ1v) is 23.8. The second-order valence-electron chi connectivity index (χ2n) is 15.6. The number of esters is 2. The van der Waals surface area contributed by atoms with Crippen molar-refractivity contribution in [2.24, 2.45) is 0 Å². The van der Waals surface area contributed by atoms with Gasteiger partial charge in [-0.15, -0.1) is 0 Å². The van der Waals surface area contributed by atoms with Crippen LogP contribution in [-0.4, -0.2) is 37.9 Å². The van der Waals surface area contributed by atoms with Crippen LogP contribution in [0.5, 0.6) is 0 Å². The zero-order valence-corrected chi connectivity index (χ0v) is 37.1. The molecule has 0 heterocycles. The van der Waals surface area contributed by atoms with Crippen LogP contribution in [0.2, 0.25) is 0 Å². The topological polar surface area (TPSA) is 61.8 Å². The van der Waals surface area contributed by atoms with Gasteiger partial charge in [-0.05, 0) is 83.5 Å². The summed E-state index contributed by atoms with van der Waals surface area (Å²) in [6.45, 7) is 7.60. The van der Waals surface area contributed by atoms with Crippen molar-refractivity contribution >= 4 is 11.9 Å². The molecule has 0 spiro atoms. The molecule has 5 nitrogen and oxygen atoms in total. The molecule has 56 heavy (non-hydrogen) atoms. The number of rotatable bonds is 43. The number of carbonyl (C=O) groups is 2. The summed E-state index contributed by atoms with van der Waals surface area (Å²) in [5, 5.41) is 0. The van der Waals surface area contributed by atoms with Crippen LogP contribution in [0.4, 0.5) is 0 Å². The van der Waals surface area contributed by atoms with E-state index in [1.807, 2.05) is 0 Å². The molecule has 0 aromatic carbocycles. The van der Waals surface area contributed by atoms with E-state index in [4.69, 9.17) is 14.2 Å². The van der Waals surface area contributed by atoms with Gasteiger partial charge in [0.05, 0.1) is 6.61 Å². The van der Waals surface area contributed by atoms with Crippen LogP contribution in [-0.2, 0) is 23.8 Å². The van der Waals surface area contributed by atoms with Gasteiger partial charge in [-0.25, -0.2) is 0 Å². The monoisotopic (exact) mass is 783 g/mol. The summed E-state index contributed by atoms with van der Waals surface area (Å²) in [5.41, 5.74) is 0. The van der Waals surface area contributed by atoms with Gasteiger partial charge in [0, 0.05) is 19.4 Å². The first-order valence-electron chi connectivity index (χ1n) is 23.8. The van der Waals surface area contributed by atoms with Crippen LogP contribution >= 0.6 is 0 Å². The van der Waals surface area contributed by atoms with Crippen LogP contribution in [0.15, 0.2) is 60.8 Å². The molecule has 0 N–H and O–H groups in total. The average molecular weight is 783 g/mol. The number of allylic oxidation sites excluding steroid dienone is 10. The number of unbranched alkanes of at least 4 members (excludes halogenated alkanes) is 22. The Bertz CT molecular complexity index is 977. The van der Waals surface area contributed by atoms with Gasteiger partial charge in [0.25, 0.3) is 0 Å². The van der Waals surface area contributed by atoms with Gasteiger partial charge in [-0.2, -0.15) is 0 Å². The molecule has 0 saturated carbocycles. The lowest BCUT2D eigenvalue weighted by Gasteiger charge is -2.18. The van der Waals surface area contributed by atoms with Gasteiger partial charge in [0.15, 0.2) is 6.10 Å². The molecule has 0 fully saturated rings. The predicted molar refractivity (Wildman–Crippen MR) is 242 cm³/mol. The minimum Gasteiger partial charge on any atom is -0.462 e. The maximum Gasteiger partial charge on any atom is 0.306 e. The van der Waals surface area contributed by atoms with Gasteiger partial charge in [-0.3, -0.25) is 9.59 Å². The number of hydrogen-bond acceptors (Lipinski definition) is 5. The molecule has 0 radical (unpaired) electrons. The number of carbonyl (C=O) groups excluding carboxylic acids is 2. The van der Waals surface area contributed by atoms with E-state index in [1.165, 1.54) is 116 Å². The molecule has 0 amide bonds. The van der Waals surface area contributed by atoms with E-state index in [2.05, 4.69) is 81.5 Å². The predicted octanol–water partition coefficient (Wildman–Crippen LogP) is 15.8. The van der Waals surface area contributed by atoms with Crippen molar-refractivity contribution in [2.75, 3.05) is 19.8 Å². The Morgan fingerprint density at radius 1 is 0.411 bits per heavy atom. The van der Waals surface area contributed by atoms with Crippen molar-refractivity contribution in [1.29, 1.82) is 0 Å². The van der Waals surface area contributed by atoms with Gasteiger partial charge < -0.3 is 14.2 Å². The zero-order chi connectivity index (χ0) is 40.7. The molecule has 324 valence electrons. The van der Waals surface area contributed by atoms with E-state index >= 15 is 0 Å². The Balaban J connectivity index is 4.08. The van der Waals surface area contributed by atoms with E-state index in [0.29, 0.717) is 19.4 Å². The van der Waals surface area contributed by atoms with Crippen LogP contribution in [0.25, 0.3) is 0 Å². The van der Waals surface area contributed by atoms with E-state index < -0.39 is 6.10 Å². The quantitative estimate of drug-likeness (QED) is 0.0350. The minimum absolute atomic E-state index is 0.0745. The molecule has 0 aliphatic heterocycles. The van der Waals surface area contributed by atoms with Crippen molar-refractivity contribution in [3.8, 4) is 0 Å². The molecule has 1 atom stereocenters. The summed E-state index contributed by atoms with van der Waals surface area (Å²) in [5.74, 6) is -0.424. The summed E-state index contributed by atoms with van der Waals surface area (Å²) >= 11 is 0. The van der Waals surface area contributed by atoms with Crippen molar-refractivity contribution in [3.63, 3.8) is 0 Å². The van der Waals surface area contributed by atoms with E-state index in [-0.39, 0.29) is 25.2 Å². The molecule has 0 aliphatic rings. The fourth-order valence-corrected chi connectivity index (χ4v) is 6.49.